The van der Waals surface area contributed by atoms with E-state index in [4.69, 9.17) is 9.47 Å². The molecule has 1 saturated carbocycles. The molecule has 0 spiro atoms. The number of thiazole rings is 1. The van der Waals surface area contributed by atoms with E-state index >= 15 is 0 Å². The second-order valence-corrected chi connectivity index (χ2v) is 8.68. The Morgan fingerprint density at radius 1 is 0.933 bits per heavy atom. The Morgan fingerprint density at radius 3 is 2.50 bits per heavy atom. The maximum Gasteiger partial charge on any atom is 0.323 e. The predicted molar refractivity (Wildman–Crippen MR) is 119 cm³/mol. The van der Waals surface area contributed by atoms with Gasteiger partial charge in [-0.3, -0.25) is 0 Å². The van der Waals surface area contributed by atoms with Gasteiger partial charge in [0.25, 0.3) is 0 Å². The lowest BCUT2D eigenvalue weighted by Gasteiger charge is -2.18. The minimum Gasteiger partial charge on any atom is -0.454 e. The SMILES string of the molecule is O=C(Nc1ccc(-c2cnc(C3CCCCC3)s2)cc1)Nc1ccc2c(c1)OCO2. The van der Waals surface area contributed by atoms with Crippen LogP contribution in [0.15, 0.2) is 48.7 Å². The Hall–Kier alpha value is -3.06. The van der Waals surface area contributed by atoms with Crippen LogP contribution in [0.25, 0.3) is 10.4 Å². The van der Waals surface area contributed by atoms with E-state index in [1.165, 1.54) is 42.0 Å². The Balaban J connectivity index is 1.21. The summed E-state index contributed by atoms with van der Waals surface area (Å²) in [6, 6.07) is 12.9. The van der Waals surface area contributed by atoms with Crippen LogP contribution in [0.5, 0.6) is 11.5 Å². The molecule has 2 amide bonds. The highest BCUT2D eigenvalue weighted by atomic mass is 32.1. The van der Waals surface area contributed by atoms with Crippen molar-refractivity contribution in [1.29, 1.82) is 0 Å². The molecule has 3 aromatic rings. The van der Waals surface area contributed by atoms with Crippen LogP contribution in [0.3, 0.4) is 0 Å². The van der Waals surface area contributed by atoms with Gasteiger partial charge in [0.05, 0.1) is 9.88 Å². The molecule has 2 N–H and O–H groups in total. The molecule has 7 heteroatoms. The van der Waals surface area contributed by atoms with Crippen LogP contribution in [-0.2, 0) is 0 Å². The molecule has 2 aliphatic rings. The van der Waals surface area contributed by atoms with Crippen molar-refractivity contribution >= 4 is 28.7 Å². The van der Waals surface area contributed by atoms with Crippen molar-refractivity contribution in [3.05, 3.63) is 53.7 Å². The first kappa shape index (κ1) is 18.9. The van der Waals surface area contributed by atoms with Crippen LogP contribution >= 0.6 is 11.3 Å². The monoisotopic (exact) mass is 421 g/mol. The standard InChI is InChI=1S/C23H23N3O3S/c27-23(26-18-10-11-19-20(12-18)29-14-28-19)25-17-8-6-15(7-9-17)21-13-24-22(30-21)16-4-2-1-3-5-16/h6-13,16H,1-5,14H2,(H2,25,26,27). The summed E-state index contributed by atoms with van der Waals surface area (Å²) in [4.78, 5) is 18.2. The summed E-state index contributed by atoms with van der Waals surface area (Å²) in [5.41, 5.74) is 2.50. The summed E-state index contributed by atoms with van der Waals surface area (Å²) in [5.74, 6) is 1.94. The zero-order chi connectivity index (χ0) is 20.3. The van der Waals surface area contributed by atoms with Crippen molar-refractivity contribution in [2.75, 3.05) is 17.4 Å². The van der Waals surface area contributed by atoms with E-state index in [0.29, 0.717) is 23.1 Å². The summed E-state index contributed by atoms with van der Waals surface area (Å²) in [6.07, 6.45) is 8.47. The minimum absolute atomic E-state index is 0.208. The summed E-state index contributed by atoms with van der Waals surface area (Å²) >= 11 is 1.79. The van der Waals surface area contributed by atoms with Crippen LogP contribution in [-0.4, -0.2) is 17.8 Å². The van der Waals surface area contributed by atoms with Crippen LogP contribution in [0.4, 0.5) is 16.2 Å². The van der Waals surface area contributed by atoms with Gasteiger partial charge < -0.3 is 20.1 Å². The van der Waals surface area contributed by atoms with E-state index in [2.05, 4.69) is 15.6 Å². The van der Waals surface area contributed by atoms with Gasteiger partial charge in [0, 0.05) is 29.6 Å². The summed E-state index contributed by atoms with van der Waals surface area (Å²) in [5, 5.41) is 6.93. The fourth-order valence-corrected chi connectivity index (χ4v) is 5.04. The number of anilines is 2. The zero-order valence-electron chi connectivity index (χ0n) is 16.5. The maximum atomic E-state index is 12.3. The minimum atomic E-state index is -0.306. The summed E-state index contributed by atoms with van der Waals surface area (Å²) in [6.45, 7) is 0.208. The molecule has 0 saturated heterocycles. The first-order valence-electron chi connectivity index (χ1n) is 10.3. The molecule has 1 aliphatic carbocycles. The van der Waals surface area contributed by atoms with Gasteiger partial charge >= 0.3 is 6.03 Å². The molecular weight excluding hydrogens is 398 g/mol. The first-order chi connectivity index (χ1) is 14.7. The molecule has 5 rings (SSSR count). The lowest BCUT2D eigenvalue weighted by molar-refractivity contribution is 0.174. The van der Waals surface area contributed by atoms with E-state index < -0.39 is 0 Å². The van der Waals surface area contributed by atoms with Gasteiger partial charge in [-0.05, 0) is 42.7 Å². The normalized spacial score (nSPS) is 15.7. The number of aromatic nitrogens is 1. The fourth-order valence-electron chi connectivity index (χ4n) is 3.94. The number of amides is 2. The number of carbonyl (C=O) groups is 1. The predicted octanol–water partition coefficient (Wildman–Crippen LogP) is 6.23. The number of hydrogen-bond acceptors (Lipinski definition) is 5. The quantitative estimate of drug-likeness (QED) is 0.524. The van der Waals surface area contributed by atoms with Gasteiger partial charge in [0.2, 0.25) is 6.79 Å². The molecule has 0 bridgehead atoms. The van der Waals surface area contributed by atoms with Crippen LogP contribution in [0.2, 0.25) is 0 Å². The molecule has 1 aliphatic heterocycles. The third-order valence-electron chi connectivity index (χ3n) is 5.54. The number of nitrogens with one attached hydrogen (secondary N) is 2. The number of carbonyl (C=O) groups excluding carboxylic acids is 1. The second-order valence-electron chi connectivity index (χ2n) is 7.62. The molecule has 1 fully saturated rings. The van der Waals surface area contributed by atoms with Crippen LogP contribution in [0.1, 0.15) is 43.0 Å². The molecule has 2 heterocycles. The zero-order valence-corrected chi connectivity index (χ0v) is 17.3. The lowest BCUT2D eigenvalue weighted by Crippen LogP contribution is -2.19. The van der Waals surface area contributed by atoms with Crippen molar-refractivity contribution in [3.8, 4) is 21.9 Å². The third kappa shape index (κ3) is 4.11. The topological polar surface area (TPSA) is 72.5 Å². The molecule has 0 atom stereocenters. The Morgan fingerprint density at radius 2 is 1.67 bits per heavy atom. The Labute approximate surface area is 179 Å². The maximum absolute atomic E-state index is 12.3. The molecule has 0 unspecified atom stereocenters. The summed E-state index contributed by atoms with van der Waals surface area (Å²) < 4.78 is 10.6. The molecular formula is C23H23N3O3S. The highest BCUT2D eigenvalue weighted by molar-refractivity contribution is 7.15. The average Bonchev–Trinajstić information content (AvgIpc) is 3.44. The van der Waals surface area contributed by atoms with Crippen LogP contribution < -0.4 is 20.1 Å². The Kier molecular flexibility index (Phi) is 5.27. The first-order valence-corrected chi connectivity index (χ1v) is 11.1. The van der Waals surface area contributed by atoms with Gasteiger partial charge in [0.15, 0.2) is 11.5 Å². The van der Waals surface area contributed by atoms with Crippen molar-refractivity contribution < 1.29 is 14.3 Å². The van der Waals surface area contributed by atoms with Gasteiger partial charge in [-0.2, -0.15) is 0 Å². The van der Waals surface area contributed by atoms with E-state index in [0.717, 1.165) is 11.3 Å². The molecule has 154 valence electrons. The van der Waals surface area contributed by atoms with E-state index in [1.807, 2.05) is 30.5 Å². The number of urea groups is 1. The molecule has 6 nitrogen and oxygen atoms in total. The third-order valence-corrected chi connectivity index (χ3v) is 6.74. The number of fused-ring (bicyclic) bond motifs is 1. The largest absolute Gasteiger partial charge is 0.454 e. The van der Waals surface area contributed by atoms with Gasteiger partial charge in [-0.15, -0.1) is 11.3 Å². The van der Waals surface area contributed by atoms with Crippen molar-refractivity contribution in [1.82, 2.24) is 4.98 Å². The van der Waals surface area contributed by atoms with Crippen LogP contribution in [0, 0.1) is 0 Å². The molecule has 1 aromatic heterocycles. The summed E-state index contributed by atoms with van der Waals surface area (Å²) in [7, 11) is 0. The Bertz CT molecular complexity index is 1040. The highest BCUT2D eigenvalue weighted by Crippen LogP contribution is 2.38. The molecule has 2 aromatic carbocycles. The van der Waals surface area contributed by atoms with Gasteiger partial charge in [-0.1, -0.05) is 31.4 Å². The van der Waals surface area contributed by atoms with E-state index in [1.54, 1.807) is 29.5 Å². The van der Waals surface area contributed by atoms with E-state index in [9.17, 15) is 4.79 Å². The average molecular weight is 422 g/mol. The molecule has 30 heavy (non-hydrogen) atoms. The number of ether oxygens (including phenoxy) is 2. The second kappa shape index (κ2) is 8.36. The fraction of sp³-hybridized carbons (Fsp3) is 0.304. The number of benzene rings is 2. The van der Waals surface area contributed by atoms with Gasteiger partial charge in [-0.25, -0.2) is 9.78 Å². The van der Waals surface area contributed by atoms with Crippen molar-refractivity contribution in [2.24, 2.45) is 0 Å². The van der Waals surface area contributed by atoms with Crippen molar-refractivity contribution in [3.63, 3.8) is 0 Å². The number of rotatable bonds is 4. The number of nitrogens with zero attached hydrogens (tertiary/aromatic N) is 1. The highest BCUT2D eigenvalue weighted by Gasteiger charge is 2.19. The lowest BCUT2D eigenvalue weighted by atomic mass is 9.90. The molecule has 0 radical (unpaired) electrons. The van der Waals surface area contributed by atoms with Gasteiger partial charge in [0.1, 0.15) is 0 Å². The smallest absolute Gasteiger partial charge is 0.323 e. The number of hydrogen-bond donors (Lipinski definition) is 2. The van der Waals surface area contributed by atoms with E-state index in [-0.39, 0.29) is 12.8 Å². The van der Waals surface area contributed by atoms with Crippen molar-refractivity contribution in [2.45, 2.75) is 38.0 Å².